The Bertz CT molecular complexity index is 953. The lowest BCUT2D eigenvalue weighted by atomic mass is 10.2. The minimum atomic E-state index is 0.526. The van der Waals surface area contributed by atoms with Gasteiger partial charge in [0.25, 0.3) is 0 Å². The molecule has 0 aliphatic rings. The third-order valence-electron chi connectivity index (χ3n) is 4.36. The first-order valence-corrected chi connectivity index (χ1v) is 10.1. The number of hydrogen-bond acceptors (Lipinski definition) is 4. The predicted molar refractivity (Wildman–Crippen MR) is 120 cm³/mol. The van der Waals surface area contributed by atoms with Crippen LogP contribution in [0.2, 0.25) is 0 Å². The van der Waals surface area contributed by atoms with Crippen LogP contribution in [0.3, 0.4) is 0 Å². The Kier molecular flexibility index (Phi) is 7.71. The maximum Gasteiger partial charge on any atom is 0.196 e. The van der Waals surface area contributed by atoms with Crippen LogP contribution in [0.1, 0.15) is 25.0 Å². The van der Waals surface area contributed by atoms with Crippen molar-refractivity contribution < 1.29 is 9.47 Å². The summed E-state index contributed by atoms with van der Waals surface area (Å²) in [5, 5.41) is 11.0. The SMILES string of the molecule is CCNC(=NCc1cnn(Cc2ccccc2)c1)Nc1ccc(OCC)c(OC)c1. The van der Waals surface area contributed by atoms with Crippen LogP contribution in [0.4, 0.5) is 5.69 Å². The number of aliphatic imine (C=N–C) groups is 1. The van der Waals surface area contributed by atoms with Gasteiger partial charge in [-0.25, -0.2) is 4.99 Å². The minimum absolute atomic E-state index is 0.526. The van der Waals surface area contributed by atoms with Gasteiger partial charge in [0, 0.05) is 30.1 Å². The second-order valence-electron chi connectivity index (χ2n) is 6.65. The summed E-state index contributed by atoms with van der Waals surface area (Å²) in [6.45, 7) is 6.60. The Balaban J connectivity index is 1.66. The molecule has 7 nitrogen and oxygen atoms in total. The zero-order chi connectivity index (χ0) is 21.2. The molecule has 0 radical (unpaired) electrons. The standard InChI is InChI=1S/C23H29N5O2/c1-4-24-23(27-20-11-12-21(30-5-2)22(13-20)29-3)25-14-19-15-26-28(17-19)16-18-9-7-6-8-10-18/h6-13,15,17H,4-5,14,16H2,1-3H3,(H2,24,25,27). The molecule has 0 aliphatic carbocycles. The Labute approximate surface area is 177 Å². The van der Waals surface area contributed by atoms with E-state index in [1.807, 2.05) is 67.3 Å². The van der Waals surface area contributed by atoms with Gasteiger partial charge in [0.1, 0.15) is 0 Å². The molecule has 0 aliphatic heterocycles. The zero-order valence-corrected chi connectivity index (χ0v) is 17.8. The highest BCUT2D eigenvalue weighted by atomic mass is 16.5. The lowest BCUT2D eigenvalue weighted by Gasteiger charge is -2.14. The summed E-state index contributed by atoms with van der Waals surface area (Å²) in [7, 11) is 1.63. The molecule has 7 heteroatoms. The first kappa shape index (κ1) is 21.2. The van der Waals surface area contributed by atoms with E-state index in [0.29, 0.717) is 24.9 Å². The van der Waals surface area contributed by atoms with Crippen molar-refractivity contribution in [2.45, 2.75) is 26.9 Å². The lowest BCUT2D eigenvalue weighted by molar-refractivity contribution is 0.311. The van der Waals surface area contributed by atoms with E-state index in [1.165, 1.54) is 5.56 Å². The summed E-state index contributed by atoms with van der Waals surface area (Å²) >= 11 is 0. The molecule has 2 N–H and O–H groups in total. The molecule has 1 heterocycles. The zero-order valence-electron chi connectivity index (χ0n) is 17.8. The first-order valence-electron chi connectivity index (χ1n) is 10.1. The maximum absolute atomic E-state index is 5.58. The Morgan fingerprint density at radius 2 is 1.90 bits per heavy atom. The Morgan fingerprint density at radius 1 is 1.07 bits per heavy atom. The normalized spacial score (nSPS) is 11.2. The van der Waals surface area contributed by atoms with Crippen molar-refractivity contribution in [2.24, 2.45) is 4.99 Å². The fourth-order valence-corrected chi connectivity index (χ4v) is 2.98. The molecule has 158 valence electrons. The Morgan fingerprint density at radius 3 is 2.63 bits per heavy atom. The third kappa shape index (κ3) is 6.01. The fourth-order valence-electron chi connectivity index (χ4n) is 2.98. The number of anilines is 1. The lowest BCUT2D eigenvalue weighted by Crippen LogP contribution is -2.30. The minimum Gasteiger partial charge on any atom is -0.493 e. The molecule has 0 saturated heterocycles. The number of rotatable bonds is 9. The van der Waals surface area contributed by atoms with E-state index < -0.39 is 0 Å². The second kappa shape index (κ2) is 10.9. The fraction of sp³-hybridized carbons (Fsp3) is 0.304. The highest BCUT2D eigenvalue weighted by Crippen LogP contribution is 2.30. The van der Waals surface area contributed by atoms with Gasteiger partial charge in [0.05, 0.1) is 33.0 Å². The van der Waals surface area contributed by atoms with Gasteiger partial charge in [-0.1, -0.05) is 30.3 Å². The second-order valence-corrected chi connectivity index (χ2v) is 6.65. The number of benzene rings is 2. The summed E-state index contributed by atoms with van der Waals surface area (Å²) in [5.74, 6) is 2.10. The van der Waals surface area contributed by atoms with Crippen LogP contribution in [0.5, 0.6) is 11.5 Å². The monoisotopic (exact) mass is 407 g/mol. The van der Waals surface area contributed by atoms with Gasteiger partial charge in [-0.05, 0) is 31.5 Å². The van der Waals surface area contributed by atoms with Crippen molar-refractivity contribution in [3.63, 3.8) is 0 Å². The van der Waals surface area contributed by atoms with Gasteiger partial charge < -0.3 is 20.1 Å². The molecule has 1 aromatic heterocycles. The average molecular weight is 408 g/mol. The number of aromatic nitrogens is 2. The van der Waals surface area contributed by atoms with E-state index in [9.17, 15) is 0 Å². The topological polar surface area (TPSA) is 72.7 Å². The van der Waals surface area contributed by atoms with Crippen LogP contribution >= 0.6 is 0 Å². The van der Waals surface area contributed by atoms with Gasteiger partial charge in [-0.15, -0.1) is 0 Å². The molecule has 3 aromatic rings. The number of guanidine groups is 1. The smallest absolute Gasteiger partial charge is 0.196 e. The summed E-state index contributed by atoms with van der Waals surface area (Å²) in [5.41, 5.74) is 3.14. The van der Waals surface area contributed by atoms with E-state index in [0.717, 1.165) is 30.1 Å². The molecule has 3 rings (SSSR count). The summed E-state index contributed by atoms with van der Waals surface area (Å²) < 4.78 is 12.9. The van der Waals surface area contributed by atoms with Crippen molar-refractivity contribution in [1.82, 2.24) is 15.1 Å². The van der Waals surface area contributed by atoms with Gasteiger partial charge in [-0.3, -0.25) is 4.68 Å². The molecular formula is C23H29N5O2. The molecule has 0 bridgehead atoms. The quantitative estimate of drug-likeness (QED) is 0.416. The first-order chi connectivity index (χ1) is 14.7. The van der Waals surface area contributed by atoms with E-state index in [2.05, 4.69) is 32.9 Å². The molecule has 0 atom stereocenters. The van der Waals surface area contributed by atoms with Crippen molar-refractivity contribution >= 4 is 11.6 Å². The number of nitrogens with one attached hydrogen (secondary N) is 2. The average Bonchev–Trinajstić information content (AvgIpc) is 3.21. The molecule has 0 unspecified atom stereocenters. The number of hydrogen-bond donors (Lipinski definition) is 2. The largest absolute Gasteiger partial charge is 0.493 e. The highest BCUT2D eigenvalue weighted by molar-refractivity contribution is 5.93. The molecule has 0 saturated carbocycles. The van der Waals surface area contributed by atoms with E-state index in [1.54, 1.807) is 7.11 Å². The van der Waals surface area contributed by atoms with Crippen molar-refractivity contribution in [2.75, 3.05) is 25.6 Å². The molecule has 0 spiro atoms. The molecular weight excluding hydrogens is 378 g/mol. The van der Waals surface area contributed by atoms with Crippen LogP contribution in [-0.2, 0) is 13.1 Å². The molecule has 30 heavy (non-hydrogen) atoms. The molecule has 0 amide bonds. The summed E-state index contributed by atoms with van der Waals surface area (Å²) in [6, 6.07) is 16.0. The van der Waals surface area contributed by atoms with Crippen LogP contribution in [0.15, 0.2) is 65.9 Å². The van der Waals surface area contributed by atoms with Crippen LogP contribution in [0.25, 0.3) is 0 Å². The van der Waals surface area contributed by atoms with Crippen LogP contribution in [0, 0.1) is 0 Å². The third-order valence-corrected chi connectivity index (χ3v) is 4.36. The van der Waals surface area contributed by atoms with Gasteiger partial charge >= 0.3 is 0 Å². The van der Waals surface area contributed by atoms with E-state index in [4.69, 9.17) is 9.47 Å². The van der Waals surface area contributed by atoms with Gasteiger partial charge in [0.15, 0.2) is 17.5 Å². The predicted octanol–water partition coefficient (Wildman–Crippen LogP) is 3.92. The number of nitrogens with zero attached hydrogens (tertiary/aromatic N) is 3. The Hall–Kier alpha value is -3.48. The highest BCUT2D eigenvalue weighted by Gasteiger charge is 2.07. The summed E-state index contributed by atoms with van der Waals surface area (Å²) in [4.78, 5) is 4.68. The van der Waals surface area contributed by atoms with Crippen molar-refractivity contribution in [3.8, 4) is 11.5 Å². The van der Waals surface area contributed by atoms with Gasteiger partial charge in [-0.2, -0.15) is 5.10 Å². The van der Waals surface area contributed by atoms with Crippen LogP contribution < -0.4 is 20.1 Å². The van der Waals surface area contributed by atoms with E-state index >= 15 is 0 Å². The number of methoxy groups -OCH3 is 1. The number of ether oxygens (including phenoxy) is 2. The van der Waals surface area contributed by atoms with Gasteiger partial charge in [0.2, 0.25) is 0 Å². The summed E-state index contributed by atoms with van der Waals surface area (Å²) in [6.07, 6.45) is 3.88. The van der Waals surface area contributed by atoms with Crippen molar-refractivity contribution in [3.05, 3.63) is 72.1 Å². The molecule has 0 fully saturated rings. The molecule has 2 aromatic carbocycles. The van der Waals surface area contributed by atoms with Crippen molar-refractivity contribution in [1.29, 1.82) is 0 Å². The maximum atomic E-state index is 5.58. The van der Waals surface area contributed by atoms with E-state index in [-0.39, 0.29) is 0 Å². The van der Waals surface area contributed by atoms with Crippen LogP contribution in [-0.4, -0.2) is 36.0 Å².